The van der Waals surface area contributed by atoms with E-state index in [-0.39, 0.29) is 50.1 Å². The number of aromatic nitrogens is 4. The Kier molecular flexibility index (Phi) is 12.2. The maximum atomic E-state index is 14.8. The average Bonchev–Trinajstić information content (AvgIpc) is 3.69. The van der Waals surface area contributed by atoms with Gasteiger partial charge in [0.1, 0.15) is 5.52 Å². The molecule has 6 aromatic rings. The Balaban J connectivity index is 1.10. The standard InChI is InChI=1S/C40H38ClIN4O8P2/c41-37-36-38(45-39(42)44-37)46(28-43-36)34-21-35(54-56(48,51-25-31-17-9-3-10-18-31)52-26-32-19-11-4-12-20-32)40(22-33(34)40)27-53-55(47,49-23-29-13-5-1-6-14-29)50-24-30-15-7-2-8-16-30/h1-20,28,33-35H,21-27H2/t33-,34+,35+,40-/m1/s1. The van der Waals surface area contributed by atoms with Gasteiger partial charge in [0.2, 0.25) is 0 Å². The van der Waals surface area contributed by atoms with Crippen molar-refractivity contribution in [2.75, 3.05) is 6.61 Å². The zero-order valence-corrected chi connectivity index (χ0v) is 34.7. The van der Waals surface area contributed by atoms with E-state index in [0.29, 0.717) is 27.8 Å². The van der Waals surface area contributed by atoms with Gasteiger partial charge in [-0.3, -0.25) is 27.1 Å². The summed E-state index contributed by atoms with van der Waals surface area (Å²) in [6.07, 6.45) is 1.89. The molecule has 56 heavy (non-hydrogen) atoms. The molecule has 2 aromatic heterocycles. The van der Waals surface area contributed by atoms with Gasteiger partial charge in [0.15, 0.2) is 14.6 Å². The Bertz CT molecular complexity index is 2250. The number of benzene rings is 4. The molecule has 0 bridgehead atoms. The molecule has 0 N–H and O–H groups in total. The lowest BCUT2D eigenvalue weighted by Crippen LogP contribution is -2.27. The van der Waals surface area contributed by atoms with E-state index in [1.165, 1.54) is 0 Å². The third-order valence-electron chi connectivity index (χ3n) is 10.1. The van der Waals surface area contributed by atoms with Crippen molar-refractivity contribution in [2.24, 2.45) is 11.3 Å². The first-order valence-electron chi connectivity index (χ1n) is 18.0. The summed E-state index contributed by atoms with van der Waals surface area (Å²) in [4.78, 5) is 13.5. The van der Waals surface area contributed by atoms with Crippen LogP contribution in [0.5, 0.6) is 0 Å². The van der Waals surface area contributed by atoms with Gasteiger partial charge >= 0.3 is 15.6 Å². The fraction of sp³-hybridized carbons (Fsp3) is 0.275. The number of fused-ring (bicyclic) bond motifs is 2. The SMILES string of the molecule is O=P(OCc1ccccc1)(OCc1ccccc1)OC[C@]12C[C@@H]1[C@@H](n1cnc3c(Cl)nc(I)nc31)C[C@@H]2OP(=O)(OCc1ccccc1)OCc1ccccc1. The summed E-state index contributed by atoms with van der Waals surface area (Å²) in [5, 5.41) is 0.245. The van der Waals surface area contributed by atoms with E-state index < -0.39 is 27.2 Å². The third kappa shape index (κ3) is 9.18. The van der Waals surface area contributed by atoms with Gasteiger partial charge in [-0.2, -0.15) is 0 Å². The lowest BCUT2D eigenvalue weighted by atomic mass is 10.0. The van der Waals surface area contributed by atoms with Crippen LogP contribution in [0.4, 0.5) is 0 Å². The van der Waals surface area contributed by atoms with Crippen LogP contribution in [0, 0.1) is 15.2 Å². The Morgan fingerprint density at radius 1 is 0.679 bits per heavy atom. The van der Waals surface area contributed by atoms with Crippen molar-refractivity contribution in [1.82, 2.24) is 19.5 Å². The van der Waals surface area contributed by atoms with Gasteiger partial charge in [0.25, 0.3) is 0 Å². The Morgan fingerprint density at radius 2 is 1.14 bits per heavy atom. The number of imidazole rings is 1. The monoisotopic (exact) mass is 926 g/mol. The molecule has 0 aliphatic heterocycles. The van der Waals surface area contributed by atoms with Crippen molar-refractivity contribution >= 4 is 61.0 Å². The Labute approximate surface area is 343 Å². The van der Waals surface area contributed by atoms with E-state index >= 15 is 0 Å². The summed E-state index contributed by atoms with van der Waals surface area (Å²) in [7, 11) is -8.43. The van der Waals surface area contributed by atoms with Gasteiger partial charge < -0.3 is 4.57 Å². The summed E-state index contributed by atoms with van der Waals surface area (Å²) >= 11 is 8.51. The molecule has 290 valence electrons. The minimum atomic E-state index is -4.25. The Morgan fingerprint density at radius 3 is 1.62 bits per heavy atom. The van der Waals surface area contributed by atoms with Crippen LogP contribution in [0.25, 0.3) is 11.2 Å². The summed E-state index contributed by atoms with van der Waals surface area (Å²) in [6, 6.07) is 37.3. The molecule has 16 heteroatoms. The highest BCUT2D eigenvalue weighted by Crippen LogP contribution is 2.72. The molecule has 2 heterocycles. The summed E-state index contributed by atoms with van der Waals surface area (Å²) in [5.41, 5.74) is 3.46. The van der Waals surface area contributed by atoms with Gasteiger partial charge in [-0.05, 0) is 41.0 Å². The van der Waals surface area contributed by atoms with Crippen molar-refractivity contribution < 1.29 is 36.3 Å². The van der Waals surface area contributed by atoms with Crippen molar-refractivity contribution in [2.45, 2.75) is 51.4 Å². The maximum Gasteiger partial charge on any atom is 0.475 e. The highest BCUT2D eigenvalue weighted by molar-refractivity contribution is 14.1. The van der Waals surface area contributed by atoms with E-state index in [2.05, 4.69) is 15.0 Å². The molecular weight excluding hydrogens is 889 g/mol. The lowest BCUT2D eigenvalue weighted by molar-refractivity contribution is 0.0164. The van der Waals surface area contributed by atoms with Crippen molar-refractivity contribution in [1.29, 1.82) is 0 Å². The predicted molar refractivity (Wildman–Crippen MR) is 218 cm³/mol. The molecule has 0 spiro atoms. The predicted octanol–water partition coefficient (Wildman–Crippen LogP) is 10.5. The minimum Gasteiger partial charge on any atom is -0.312 e. The van der Waals surface area contributed by atoms with Crippen molar-refractivity contribution in [3.63, 3.8) is 0 Å². The van der Waals surface area contributed by atoms with E-state index in [0.717, 1.165) is 22.3 Å². The number of phosphoric acid groups is 2. The Hall–Kier alpha value is -3.33. The maximum absolute atomic E-state index is 14.8. The van der Waals surface area contributed by atoms with Gasteiger partial charge in [0.05, 0.1) is 45.5 Å². The number of rotatable bonds is 18. The molecular formula is C40H38ClIN4O8P2. The van der Waals surface area contributed by atoms with Gasteiger partial charge in [-0.25, -0.2) is 24.1 Å². The molecule has 2 saturated carbocycles. The van der Waals surface area contributed by atoms with Crippen molar-refractivity contribution in [3.8, 4) is 0 Å². The van der Waals surface area contributed by atoms with Gasteiger partial charge in [0, 0.05) is 34.0 Å². The number of hydrogen-bond acceptors (Lipinski definition) is 11. The summed E-state index contributed by atoms with van der Waals surface area (Å²) in [6.45, 7) is -0.0988. The second kappa shape index (κ2) is 17.3. The normalized spacial score (nSPS) is 20.6. The fourth-order valence-electron chi connectivity index (χ4n) is 7.15. The number of nitrogens with zero attached hydrogens (tertiary/aromatic N) is 4. The lowest BCUT2D eigenvalue weighted by Gasteiger charge is -2.29. The van der Waals surface area contributed by atoms with Crippen LogP contribution < -0.4 is 0 Å². The topological polar surface area (TPSA) is 133 Å². The minimum absolute atomic E-state index is 0.00185. The van der Waals surface area contributed by atoms with Crippen LogP contribution in [0.2, 0.25) is 5.15 Å². The van der Waals surface area contributed by atoms with Crippen LogP contribution in [0.15, 0.2) is 128 Å². The first kappa shape index (κ1) is 39.5. The molecule has 2 fully saturated rings. The summed E-state index contributed by atoms with van der Waals surface area (Å²) < 4.78 is 68.6. The molecule has 4 atom stereocenters. The zero-order valence-electron chi connectivity index (χ0n) is 30.0. The number of halogens is 2. The van der Waals surface area contributed by atoms with E-state index in [1.54, 1.807) is 6.33 Å². The van der Waals surface area contributed by atoms with Gasteiger partial charge in [-0.1, -0.05) is 133 Å². The molecule has 12 nitrogen and oxygen atoms in total. The quantitative estimate of drug-likeness (QED) is 0.0353. The zero-order chi connectivity index (χ0) is 38.6. The number of hydrogen-bond donors (Lipinski definition) is 0. The van der Waals surface area contributed by atoms with Crippen LogP contribution in [0.3, 0.4) is 0 Å². The second-order valence-electron chi connectivity index (χ2n) is 13.8. The van der Waals surface area contributed by atoms with E-state index in [9.17, 15) is 9.13 Å². The van der Waals surface area contributed by atoms with Crippen LogP contribution in [-0.2, 0) is 62.7 Å². The first-order chi connectivity index (χ1) is 27.2. The van der Waals surface area contributed by atoms with Crippen LogP contribution >= 0.6 is 49.8 Å². The van der Waals surface area contributed by atoms with E-state index in [1.807, 2.05) is 148 Å². The molecule has 0 unspecified atom stereocenters. The van der Waals surface area contributed by atoms with E-state index in [4.69, 9.17) is 38.7 Å². The average molecular weight is 927 g/mol. The van der Waals surface area contributed by atoms with Crippen molar-refractivity contribution in [3.05, 3.63) is 159 Å². The molecule has 4 aromatic carbocycles. The molecule has 8 rings (SSSR count). The van der Waals surface area contributed by atoms with Crippen LogP contribution in [-0.4, -0.2) is 32.2 Å². The first-order valence-corrected chi connectivity index (χ1v) is 22.4. The largest absolute Gasteiger partial charge is 0.475 e. The third-order valence-corrected chi connectivity index (χ3v) is 13.6. The molecule has 0 amide bonds. The molecule has 0 saturated heterocycles. The highest BCUT2D eigenvalue weighted by Gasteiger charge is 2.70. The highest BCUT2D eigenvalue weighted by atomic mass is 127. The fourth-order valence-corrected chi connectivity index (χ4v) is 10.6. The van der Waals surface area contributed by atoms with Gasteiger partial charge in [-0.15, -0.1) is 0 Å². The molecule has 0 radical (unpaired) electrons. The van der Waals surface area contributed by atoms with Crippen LogP contribution in [0.1, 0.15) is 41.1 Å². The molecule has 2 aliphatic carbocycles. The molecule has 2 aliphatic rings. The summed E-state index contributed by atoms with van der Waals surface area (Å²) in [5.74, 6) is -0.0929. The smallest absolute Gasteiger partial charge is 0.312 e. The second-order valence-corrected chi connectivity index (χ2v) is 18.4. The number of phosphoric ester groups is 2.